The maximum Gasteiger partial charge on any atom is 0.364 e. The van der Waals surface area contributed by atoms with E-state index in [1.165, 1.54) is 9.42 Å². The minimum Gasteiger partial charge on any atom is -0.367 e. The predicted octanol–water partition coefficient (Wildman–Crippen LogP) is -0.899. The van der Waals surface area contributed by atoms with Crippen molar-refractivity contribution in [3.63, 3.8) is 0 Å². The molecule has 2 rings (SSSR count). The lowest BCUT2D eigenvalue weighted by atomic mass is 10.5. The molecule has 0 aromatic carbocycles. The zero-order valence-corrected chi connectivity index (χ0v) is 10.7. The van der Waals surface area contributed by atoms with E-state index < -0.39 is 0 Å². The van der Waals surface area contributed by atoms with Gasteiger partial charge in [0.05, 0.1) is 0 Å². The number of urea groups is 1. The lowest BCUT2D eigenvalue weighted by Gasteiger charge is -2.12. The fraction of sp³-hybridized carbons (Fsp3) is 0.400. The van der Waals surface area contributed by atoms with E-state index in [0.717, 1.165) is 0 Å². The lowest BCUT2D eigenvalue weighted by molar-refractivity contribution is 0.218. The number of H-pyrrole nitrogens is 1. The van der Waals surface area contributed by atoms with Gasteiger partial charge in [-0.2, -0.15) is 9.61 Å². The first-order valence-corrected chi connectivity index (χ1v) is 5.71. The van der Waals surface area contributed by atoms with E-state index in [1.807, 2.05) is 0 Å². The molecule has 0 atom stereocenters. The number of nitrogens with zero attached hydrogens (tertiary/aromatic N) is 4. The molecule has 0 aliphatic heterocycles. The minimum atomic E-state index is -0.389. The van der Waals surface area contributed by atoms with Gasteiger partial charge in [-0.25, -0.2) is 14.7 Å². The van der Waals surface area contributed by atoms with Crippen LogP contribution < -0.4 is 16.3 Å². The molecule has 2 heterocycles. The molecule has 0 unspecified atom stereocenters. The van der Waals surface area contributed by atoms with E-state index in [1.54, 1.807) is 26.2 Å². The number of aromatic nitrogens is 4. The fourth-order valence-corrected chi connectivity index (χ4v) is 1.42. The molecule has 0 aliphatic carbocycles. The third-order valence-corrected chi connectivity index (χ3v) is 2.39. The number of rotatable bonds is 4. The van der Waals surface area contributed by atoms with E-state index in [9.17, 15) is 9.59 Å². The zero-order valence-electron chi connectivity index (χ0n) is 10.7. The molecule has 102 valence electrons. The van der Waals surface area contributed by atoms with E-state index in [2.05, 4.69) is 25.9 Å². The van der Waals surface area contributed by atoms with Crippen LogP contribution in [0.5, 0.6) is 0 Å². The number of hydrogen-bond donors (Lipinski definition) is 3. The smallest absolute Gasteiger partial charge is 0.364 e. The van der Waals surface area contributed by atoms with Gasteiger partial charge in [-0.1, -0.05) is 0 Å². The summed E-state index contributed by atoms with van der Waals surface area (Å²) in [4.78, 5) is 24.0. The third-order valence-electron chi connectivity index (χ3n) is 2.39. The van der Waals surface area contributed by atoms with Gasteiger partial charge in [-0.3, -0.25) is 0 Å². The van der Waals surface area contributed by atoms with E-state index in [0.29, 0.717) is 24.6 Å². The summed E-state index contributed by atoms with van der Waals surface area (Å²) in [5, 5.41) is 15.8. The largest absolute Gasteiger partial charge is 0.367 e. The van der Waals surface area contributed by atoms with Crippen LogP contribution in [0.25, 0.3) is 5.65 Å². The van der Waals surface area contributed by atoms with Gasteiger partial charge in [-0.15, -0.1) is 5.10 Å². The molecule has 2 aromatic heterocycles. The number of aromatic amines is 1. The number of anilines is 1. The van der Waals surface area contributed by atoms with Crippen molar-refractivity contribution in [2.75, 3.05) is 32.5 Å². The van der Waals surface area contributed by atoms with Crippen molar-refractivity contribution in [1.29, 1.82) is 0 Å². The van der Waals surface area contributed by atoms with Crippen molar-refractivity contribution in [1.82, 2.24) is 30.0 Å². The second kappa shape index (κ2) is 5.38. The van der Waals surface area contributed by atoms with Gasteiger partial charge in [0.15, 0.2) is 5.65 Å². The summed E-state index contributed by atoms with van der Waals surface area (Å²) in [6, 6.07) is 3.23. The summed E-state index contributed by atoms with van der Waals surface area (Å²) >= 11 is 0. The van der Waals surface area contributed by atoms with Gasteiger partial charge in [-0.05, 0) is 12.1 Å². The van der Waals surface area contributed by atoms with E-state index >= 15 is 0 Å². The van der Waals surface area contributed by atoms with Crippen molar-refractivity contribution in [3.05, 3.63) is 22.6 Å². The predicted molar refractivity (Wildman–Crippen MR) is 69.2 cm³/mol. The second-order valence-electron chi connectivity index (χ2n) is 4.07. The Bertz CT molecular complexity index is 630. The van der Waals surface area contributed by atoms with Crippen LogP contribution in [0.15, 0.2) is 16.9 Å². The molecular formula is C10H15N7O2. The molecule has 9 nitrogen and oxygen atoms in total. The van der Waals surface area contributed by atoms with Gasteiger partial charge in [0, 0.05) is 27.2 Å². The Labute approximate surface area is 108 Å². The number of carbonyl (C=O) groups excluding carboxylic acids is 1. The van der Waals surface area contributed by atoms with Crippen LogP contribution in [0.1, 0.15) is 0 Å². The summed E-state index contributed by atoms with van der Waals surface area (Å²) in [7, 11) is 3.34. The molecule has 3 N–H and O–H groups in total. The van der Waals surface area contributed by atoms with Crippen LogP contribution in [-0.4, -0.2) is 57.9 Å². The van der Waals surface area contributed by atoms with Crippen molar-refractivity contribution < 1.29 is 4.79 Å². The monoisotopic (exact) mass is 265 g/mol. The van der Waals surface area contributed by atoms with Crippen LogP contribution in [0.2, 0.25) is 0 Å². The van der Waals surface area contributed by atoms with Gasteiger partial charge < -0.3 is 15.5 Å². The SMILES string of the molecule is CN(C)C(=O)NCCNc1ccc2n[nH]c(=O)n2n1. The molecular weight excluding hydrogens is 250 g/mol. The summed E-state index contributed by atoms with van der Waals surface area (Å²) in [6.45, 7) is 0.960. The minimum absolute atomic E-state index is 0.156. The van der Waals surface area contributed by atoms with Crippen molar-refractivity contribution in [2.45, 2.75) is 0 Å². The van der Waals surface area contributed by atoms with Gasteiger partial charge in [0.25, 0.3) is 0 Å². The average Bonchev–Trinajstić information content (AvgIpc) is 2.76. The summed E-state index contributed by atoms with van der Waals surface area (Å²) in [5.74, 6) is 0.537. The molecule has 9 heteroatoms. The molecule has 0 aliphatic rings. The average molecular weight is 265 g/mol. The highest BCUT2D eigenvalue weighted by Gasteiger charge is 2.03. The lowest BCUT2D eigenvalue weighted by Crippen LogP contribution is -2.37. The number of hydrogen-bond acceptors (Lipinski definition) is 5. The highest BCUT2D eigenvalue weighted by Crippen LogP contribution is 2.01. The van der Waals surface area contributed by atoms with E-state index in [-0.39, 0.29) is 11.7 Å². The number of carbonyl (C=O) groups is 1. The Morgan fingerprint density at radius 2 is 2.21 bits per heavy atom. The highest BCUT2D eigenvalue weighted by atomic mass is 16.2. The Morgan fingerprint density at radius 3 is 2.95 bits per heavy atom. The van der Waals surface area contributed by atoms with Crippen LogP contribution in [0.3, 0.4) is 0 Å². The number of nitrogens with one attached hydrogen (secondary N) is 3. The van der Waals surface area contributed by atoms with Gasteiger partial charge >= 0.3 is 11.7 Å². The summed E-state index contributed by atoms with van der Waals surface area (Å²) < 4.78 is 1.17. The molecule has 0 saturated carbocycles. The Balaban J connectivity index is 1.89. The van der Waals surface area contributed by atoms with Crippen molar-refractivity contribution in [3.8, 4) is 0 Å². The normalized spacial score (nSPS) is 10.4. The molecule has 0 radical (unpaired) electrons. The third kappa shape index (κ3) is 3.00. The van der Waals surface area contributed by atoms with E-state index in [4.69, 9.17) is 0 Å². The molecule has 0 bridgehead atoms. The summed E-state index contributed by atoms with van der Waals surface area (Å²) in [5.41, 5.74) is 0.0658. The quantitative estimate of drug-likeness (QED) is 0.621. The molecule has 0 spiro atoms. The first-order valence-electron chi connectivity index (χ1n) is 5.71. The second-order valence-corrected chi connectivity index (χ2v) is 4.07. The van der Waals surface area contributed by atoms with Gasteiger partial charge in [0.1, 0.15) is 5.82 Å². The van der Waals surface area contributed by atoms with Crippen LogP contribution in [-0.2, 0) is 0 Å². The number of fused-ring (bicyclic) bond motifs is 1. The van der Waals surface area contributed by atoms with Crippen molar-refractivity contribution >= 4 is 17.5 Å². The number of amides is 2. The van der Waals surface area contributed by atoms with Crippen LogP contribution in [0.4, 0.5) is 10.6 Å². The van der Waals surface area contributed by atoms with Crippen LogP contribution in [0, 0.1) is 0 Å². The molecule has 2 aromatic rings. The van der Waals surface area contributed by atoms with Gasteiger partial charge in [0.2, 0.25) is 0 Å². The highest BCUT2D eigenvalue weighted by molar-refractivity contribution is 5.73. The first-order chi connectivity index (χ1) is 9.08. The maximum absolute atomic E-state index is 11.3. The fourth-order valence-electron chi connectivity index (χ4n) is 1.42. The molecule has 19 heavy (non-hydrogen) atoms. The Kier molecular flexibility index (Phi) is 3.64. The zero-order chi connectivity index (χ0) is 13.8. The first kappa shape index (κ1) is 12.9. The van der Waals surface area contributed by atoms with Crippen LogP contribution >= 0.6 is 0 Å². The maximum atomic E-state index is 11.3. The summed E-state index contributed by atoms with van der Waals surface area (Å²) in [6.07, 6.45) is 0. The molecule has 0 fully saturated rings. The Morgan fingerprint density at radius 1 is 1.42 bits per heavy atom. The standard InChI is InChI=1S/C10H15N7O2/c1-16(2)9(18)12-6-5-11-7-3-4-8-13-14-10(19)17(8)15-7/h3-4H,5-6H2,1-2H3,(H,11,15)(H,12,18)(H,14,19). The molecule has 0 saturated heterocycles. The topological polar surface area (TPSA) is 107 Å². The van der Waals surface area contributed by atoms with Crippen molar-refractivity contribution in [2.24, 2.45) is 0 Å². The molecule has 2 amide bonds. The Hall–Kier alpha value is -2.58.